The van der Waals surface area contributed by atoms with E-state index in [1.54, 1.807) is 7.11 Å². The van der Waals surface area contributed by atoms with Gasteiger partial charge in [-0.25, -0.2) is 0 Å². The summed E-state index contributed by atoms with van der Waals surface area (Å²) in [4.78, 5) is 0. The molecule has 1 aliphatic carbocycles. The molecule has 2 heteroatoms. The molecule has 1 saturated carbocycles. The van der Waals surface area contributed by atoms with Crippen LogP contribution < -0.4 is 5.73 Å². The molecular formula is C10H21NO. The van der Waals surface area contributed by atoms with E-state index in [2.05, 4.69) is 13.8 Å². The van der Waals surface area contributed by atoms with E-state index in [0.717, 1.165) is 13.0 Å². The zero-order valence-corrected chi connectivity index (χ0v) is 8.47. The van der Waals surface area contributed by atoms with Crippen LogP contribution in [0.4, 0.5) is 0 Å². The van der Waals surface area contributed by atoms with Crippen molar-refractivity contribution in [2.24, 2.45) is 17.1 Å². The predicted octanol–water partition coefficient (Wildman–Crippen LogP) is 1.79. The van der Waals surface area contributed by atoms with Gasteiger partial charge in [0.05, 0.1) is 0 Å². The number of rotatable bonds is 5. The first-order chi connectivity index (χ1) is 5.60. The van der Waals surface area contributed by atoms with Gasteiger partial charge in [0.25, 0.3) is 0 Å². The molecule has 0 saturated heterocycles. The first kappa shape index (κ1) is 10.0. The lowest BCUT2D eigenvalue weighted by molar-refractivity contribution is 0.165. The smallest absolute Gasteiger partial charge is 0.0465 e. The van der Waals surface area contributed by atoms with E-state index in [9.17, 15) is 0 Å². The number of methoxy groups -OCH3 is 1. The molecule has 0 aromatic heterocycles. The Morgan fingerprint density at radius 3 is 2.50 bits per heavy atom. The predicted molar refractivity (Wildman–Crippen MR) is 51.0 cm³/mol. The first-order valence-electron chi connectivity index (χ1n) is 4.84. The van der Waals surface area contributed by atoms with Crippen LogP contribution in [0, 0.1) is 11.3 Å². The summed E-state index contributed by atoms with van der Waals surface area (Å²) in [6.07, 6.45) is 3.71. The Bertz CT molecular complexity index is 143. The monoisotopic (exact) mass is 171 g/mol. The maximum absolute atomic E-state index is 6.14. The van der Waals surface area contributed by atoms with Crippen molar-refractivity contribution in [2.75, 3.05) is 13.7 Å². The Hall–Kier alpha value is -0.0800. The summed E-state index contributed by atoms with van der Waals surface area (Å²) >= 11 is 0. The highest BCUT2D eigenvalue weighted by Crippen LogP contribution is 2.49. The van der Waals surface area contributed by atoms with Crippen LogP contribution in [-0.2, 0) is 4.74 Å². The zero-order chi connectivity index (χ0) is 9.19. The van der Waals surface area contributed by atoms with E-state index in [1.165, 1.54) is 12.8 Å². The third kappa shape index (κ3) is 2.20. The Labute approximate surface area is 75.5 Å². The average Bonchev–Trinajstić information content (AvgIpc) is 2.79. The molecular weight excluding hydrogens is 150 g/mol. The van der Waals surface area contributed by atoms with Gasteiger partial charge in [0, 0.05) is 19.8 Å². The molecule has 72 valence electrons. The standard InChI is InChI=1S/C10H21NO/c1-8(4-7-12-3)9(11)10(2)5-6-10/h8-9H,4-7,11H2,1-3H3. The van der Waals surface area contributed by atoms with E-state index < -0.39 is 0 Å². The number of hydrogen-bond acceptors (Lipinski definition) is 2. The van der Waals surface area contributed by atoms with Crippen molar-refractivity contribution in [2.45, 2.75) is 39.2 Å². The second-order valence-electron chi connectivity index (χ2n) is 4.44. The van der Waals surface area contributed by atoms with E-state index in [4.69, 9.17) is 10.5 Å². The molecule has 1 fully saturated rings. The Morgan fingerprint density at radius 1 is 1.50 bits per heavy atom. The van der Waals surface area contributed by atoms with Gasteiger partial charge in [-0.3, -0.25) is 0 Å². The highest BCUT2D eigenvalue weighted by atomic mass is 16.5. The van der Waals surface area contributed by atoms with Gasteiger partial charge in [-0.15, -0.1) is 0 Å². The van der Waals surface area contributed by atoms with E-state index >= 15 is 0 Å². The van der Waals surface area contributed by atoms with Crippen molar-refractivity contribution in [3.05, 3.63) is 0 Å². The highest BCUT2D eigenvalue weighted by Gasteiger charge is 2.44. The quantitative estimate of drug-likeness (QED) is 0.684. The average molecular weight is 171 g/mol. The maximum Gasteiger partial charge on any atom is 0.0465 e. The highest BCUT2D eigenvalue weighted by molar-refractivity contribution is 4.98. The molecule has 0 radical (unpaired) electrons. The van der Waals surface area contributed by atoms with Gasteiger partial charge < -0.3 is 10.5 Å². The lowest BCUT2D eigenvalue weighted by atomic mass is 9.87. The number of ether oxygens (including phenoxy) is 1. The van der Waals surface area contributed by atoms with Gasteiger partial charge in [-0.05, 0) is 30.6 Å². The summed E-state index contributed by atoms with van der Waals surface area (Å²) < 4.78 is 5.04. The SMILES string of the molecule is COCCC(C)C(N)C1(C)CC1. The van der Waals surface area contributed by atoms with Gasteiger partial charge in [-0.2, -0.15) is 0 Å². The summed E-state index contributed by atoms with van der Waals surface area (Å²) in [7, 11) is 1.75. The Morgan fingerprint density at radius 2 is 2.08 bits per heavy atom. The molecule has 0 bridgehead atoms. The van der Waals surface area contributed by atoms with Gasteiger partial charge >= 0.3 is 0 Å². The molecule has 1 aliphatic rings. The normalized spacial score (nSPS) is 25.0. The van der Waals surface area contributed by atoms with Crippen molar-refractivity contribution >= 4 is 0 Å². The Balaban J connectivity index is 2.26. The van der Waals surface area contributed by atoms with Crippen LogP contribution in [0.2, 0.25) is 0 Å². The van der Waals surface area contributed by atoms with Crippen LogP contribution in [0.5, 0.6) is 0 Å². The van der Waals surface area contributed by atoms with Crippen molar-refractivity contribution in [1.29, 1.82) is 0 Å². The van der Waals surface area contributed by atoms with Gasteiger partial charge in [-0.1, -0.05) is 13.8 Å². The van der Waals surface area contributed by atoms with Crippen LogP contribution in [0.1, 0.15) is 33.1 Å². The molecule has 12 heavy (non-hydrogen) atoms. The minimum atomic E-state index is 0.368. The molecule has 0 aromatic carbocycles. The van der Waals surface area contributed by atoms with Crippen LogP contribution in [0.25, 0.3) is 0 Å². The number of nitrogens with two attached hydrogens (primary N) is 1. The van der Waals surface area contributed by atoms with Crippen LogP contribution in [0.3, 0.4) is 0 Å². The second kappa shape index (κ2) is 3.75. The van der Waals surface area contributed by atoms with Crippen molar-refractivity contribution in [3.63, 3.8) is 0 Å². The lowest BCUT2D eigenvalue weighted by Crippen LogP contribution is -2.36. The lowest BCUT2D eigenvalue weighted by Gasteiger charge is -2.25. The van der Waals surface area contributed by atoms with E-state index in [0.29, 0.717) is 17.4 Å². The fraction of sp³-hybridized carbons (Fsp3) is 1.00. The Kier molecular flexibility index (Phi) is 3.13. The molecule has 2 N–H and O–H groups in total. The fourth-order valence-corrected chi connectivity index (χ4v) is 1.70. The fourth-order valence-electron chi connectivity index (χ4n) is 1.70. The molecule has 0 spiro atoms. The molecule has 1 rings (SSSR count). The van der Waals surface area contributed by atoms with Gasteiger partial charge in [0.1, 0.15) is 0 Å². The molecule has 2 atom stereocenters. The molecule has 0 aliphatic heterocycles. The number of hydrogen-bond donors (Lipinski definition) is 1. The third-order valence-corrected chi connectivity index (χ3v) is 3.23. The summed E-state index contributed by atoms with van der Waals surface area (Å²) in [5, 5.41) is 0. The van der Waals surface area contributed by atoms with Crippen LogP contribution in [0.15, 0.2) is 0 Å². The van der Waals surface area contributed by atoms with E-state index in [-0.39, 0.29) is 0 Å². The topological polar surface area (TPSA) is 35.2 Å². The third-order valence-electron chi connectivity index (χ3n) is 3.23. The van der Waals surface area contributed by atoms with Gasteiger partial charge in [0.2, 0.25) is 0 Å². The van der Waals surface area contributed by atoms with Crippen molar-refractivity contribution in [1.82, 2.24) is 0 Å². The minimum absolute atomic E-state index is 0.368. The zero-order valence-electron chi connectivity index (χ0n) is 8.47. The second-order valence-corrected chi connectivity index (χ2v) is 4.44. The molecule has 0 heterocycles. The first-order valence-corrected chi connectivity index (χ1v) is 4.84. The van der Waals surface area contributed by atoms with Crippen LogP contribution in [-0.4, -0.2) is 19.8 Å². The molecule has 2 nitrogen and oxygen atoms in total. The largest absolute Gasteiger partial charge is 0.385 e. The minimum Gasteiger partial charge on any atom is -0.385 e. The summed E-state index contributed by atoms with van der Waals surface area (Å²) in [5.41, 5.74) is 6.59. The summed E-state index contributed by atoms with van der Waals surface area (Å²) in [6, 6.07) is 0.368. The van der Waals surface area contributed by atoms with Crippen molar-refractivity contribution in [3.8, 4) is 0 Å². The van der Waals surface area contributed by atoms with Gasteiger partial charge in [0.15, 0.2) is 0 Å². The van der Waals surface area contributed by atoms with Crippen LogP contribution >= 0.6 is 0 Å². The molecule has 2 unspecified atom stereocenters. The maximum atomic E-state index is 6.14. The summed E-state index contributed by atoms with van der Waals surface area (Å²) in [5.74, 6) is 0.595. The van der Waals surface area contributed by atoms with E-state index in [1.807, 2.05) is 0 Å². The molecule has 0 amide bonds. The molecule has 0 aromatic rings. The summed E-state index contributed by atoms with van der Waals surface area (Å²) in [6.45, 7) is 5.36. The van der Waals surface area contributed by atoms with Crippen molar-refractivity contribution < 1.29 is 4.74 Å².